The summed E-state index contributed by atoms with van der Waals surface area (Å²) in [5, 5.41) is 3.61. The minimum Gasteiger partial charge on any atom is -0.382 e. The molecular weight excluding hydrogens is 334 g/mol. The largest absolute Gasteiger partial charge is 0.382 e. The number of benzene rings is 1. The summed E-state index contributed by atoms with van der Waals surface area (Å²) in [5.41, 5.74) is 3.53. The molecule has 132 valence electrons. The maximum absolute atomic E-state index is 11.6. The summed E-state index contributed by atoms with van der Waals surface area (Å²) in [6, 6.07) is 13.0. The van der Waals surface area contributed by atoms with Gasteiger partial charge in [-0.3, -0.25) is 4.98 Å². The molecule has 1 aliphatic heterocycles. The van der Waals surface area contributed by atoms with Gasteiger partial charge in [0.15, 0.2) is 9.84 Å². The van der Waals surface area contributed by atoms with E-state index in [2.05, 4.69) is 39.5 Å². The highest BCUT2D eigenvalue weighted by Gasteiger charge is 2.30. The van der Waals surface area contributed by atoms with Crippen molar-refractivity contribution in [1.29, 1.82) is 0 Å². The van der Waals surface area contributed by atoms with Gasteiger partial charge in [-0.05, 0) is 48.6 Å². The summed E-state index contributed by atoms with van der Waals surface area (Å²) in [4.78, 5) is 6.36. The van der Waals surface area contributed by atoms with Gasteiger partial charge in [-0.1, -0.05) is 12.1 Å². The normalized spacial score (nSPS) is 25.2. The molecule has 6 heteroatoms. The Labute approximate surface area is 149 Å². The van der Waals surface area contributed by atoms with E-state index < -0.39 is 9.84 Å². The third-order valence-corrected chi connectivity index (χ3v) is 6.83. The topological polar surface area (TPSA) is 62.3 Å². The second-order valence-electron chi connectivity index (χ2n) is 6.99. The molecule has 1 aromatic carbocycles. The number of sulfone groups is 1. The zero-order chi connectivity index (χ0) is 17.3. The van der Waals surface area contributed by atoms with Crippen molar-refractivity contribution >= 4 is 21.2 Å². The molecule has 5 nitrogen and oxygen atoms in total. The van der Waals surface area contributed by atoms with Crippen LogP contribution in [0, 0.1) is 0 Å². The highest BCUT2D eigenvalue weighted by molar-refractivity contribution is 7.91. The zero-order valence-corrected chi connectivity index (χ0v) is 15.0. The van der Waals surface area contributed by atoms with Gasteiger partial charge in [0.05, 0.1) is 11.5 Å². The Morgan fingerprint density at radius 1 is 1.08 bits per heavy atom. The molecule has 25 heavy (non-hydrogen) atoms. The Morgan fingerprint density at radius 3 is 2.60 bits per heavy atom. The molecule has 2 fully saturated rings. The third kappa shape index (κ3) is 3.79. The smallest absolute Gasteiger partial charge is 0.153 e. The summed E-state index contributed by atoms with van der Waals surface area (Å²) in [6.45, 7) is 1.16. The average Bonchev–Trinajstić information content (AvgIpc) is 2.59. The van der Waals surface area contributed by atoms with Gasteiger partial charge in [-0.25, -0.2) is 8.42 Å². The average molecular weight is 357 g/mol. The first kappa shape index (κ1) is 16.4. The SMILES string of the molecule is O=S1(=O)CCN(c2cccc(NC3CC(c4cccnc4)C3)c2)CC1. The van der Waals surface area contributed by atoms with Crippen molar-refractivity contribution in [2.75, 3.05) is 34.8 Å². The third-order valence-electron chi connectivity index (χ3n) is 5.22. The molecule has 0 radical (unpaired) electrons. The molecule has 2 heterocycles. The van der Waals surface area contributed by atoms with Crippen molar-refractivity contribution in [2.45, 2.75) is 24.8 Å². The number of hydrogen-bond donors (Lipinski definition) is 1. The summed E-state index contributed by atoms with van der Waals surface area (Å²) in [7, 11) is -2.84. The van der Waals surface area contributed by atoms with Crippen LogP contribution in [-0.4, -0.2) is 44.0 Å². The Hall–Kier alpha value is -2.08. The van der Waals surface area contributed by atoms with E-state index in [0.29, 0.717) is 25.0 Å². The molecule has 1 aromatic heterocycles. The van der Waals surface area contributed by atoms with Crippen molar-refractivity contribution in [1.82, 2.24) is 4.98 Å². The van der Waals surface area contributed by atoms with E-state index in [1.54, 1.807) is 0 Å². The van der Waals surface area contributed by atoms with Gasteiger partial charge in [0, 0.05) is 42.9 Å². The molecule has 0 amide bonds. The monoisotopic (exact) mass is 357 g/mol. The van der Waals surface area contributed by atoms with Crippen LogP contribution in [0.1, 0.15) is 24.3 Å². The number of pyridine rings is 1. The minimum atomic E-state index is -2.84. The lowest BCUT2D eigenvalue weighted by Crippen LogP contribution is -2.40. The first-order valence-electron chi connectivity index (χ1n) is 8.81. The van der Waals surface area contributed by atoms with Crippen LogP contribution in [0.2, 0.25) is 0 Å². The first-order valence-corrected chi connectivity index (χ1v) is 10.6. The van der Waals surface area contributed by atoms with E-state index in [0.717, 1.165) is 24.2 Å². The molecule has 2 aromatic rings. The number of rotatable bonds is 4. The van der Waals surface area contributed by atoms with E-state index in [-0.39, 0.29) is 11.5 Å². The molecule has 0 unspecified atom stereocenters. The van der Waals surface area contributed by atoms with Crippen LogP contribution in [-0.2, 0) is 9.84 Å². The van der Waals surface area contributed by atoms with Crippen LogP contribution in [0.25, 0.3) is 0 Å². The quantitative estimate of drug-likeness (QED) is 0.911. The van der Waals surface area contributed by atoms with Crippen molar-refractivity contribution in [3.8, 4) is 0 Å². The number of nitrogens with zero attached hydrogens (tertiary/aromatic N) is 2. The Bertz CT molecular complexity index is 819. The van der Waals surface area contributed by atoms with Crippen molar-refractivity contribution < 1.29 is 8.42 Å². The second kappa shape index (κ2) is 6.67. The van der Waals surface area contributed by atoms with Gasteiger partial charge >= 0.3 is 0 Å². The van der Waals surface area contributed by atoms with Crippen LogP contribution < -0.4 is 10.2 Å². The molecule has 2 aliphatic rings. The summed E-state index contributed by atoms with van der Waals surface area (Å²) >= 11 is 0. The van der Waals surface area contributed by atoms with E-state index in [1.807, 2.05) is 24.5 Å². The van der Waals surface area contributed by atoms with E-state index >= 15 is 0 Å². The lowest BCUT2D eigenvalue weighted by atomic mass is 9.76. The van der Waals surface area contributed by atoms with Crippen LogP contribution in [0.15, 0.2) is 48.8 Å². The maximum Gasteiger partial charge on any atom is 0.153 e. The lowest BCUT2D eigenvalue weighted by Gasteiger charge is -2.37. The summed E-state index contributed by atoms with van der Waals surface area (Å²) < 4.78 is 23.2. The molecule has 1 aliphatic carbocycles. The fourth-order valence-electron chi connectivity index (χ4n) is 3.62. The number of hydrogen-bond acceptors (Lipinski definition) is 5. The molecule has 1 saturated carbocycles. The van der Waals surface area contributed by atoms with Gasteiger partial charge in [0.1, 0.15) is 0 Å². The lowest BCUT2D eigenvalue weighted by molar-refractivity contribution is 0.373. The van der Waals surface area contributed by atoms with Crippen LogP contribution in [0.5, 0.6) is 0 Å². The fourth-order valence-corrected chi connectivity index (χ4v) is 4.83. The van der Waals surface area contributed by atoms with Crippen LogP contribution >= 0.6 is 0 Å². The van der Waals surface area contributed by atoms with Gasteiger partial charge in [-0.2, -0.15) is 0 Å². The van der Waals surface area contributed by atoms with E-state index in [4.69, 9.17) is 0 Å². The summed E-state index contributed by atoms with van der Waals surface area (Å²) in [6.07, 6.45) is 6.02. The molecule has 0 spiro atoms. The second-order valence-corrected chi connectivity index (χ2v) is 9.29. The molecular formula is C19H23N3O2S. The predicted molar refractivity (Wildman–Crippen MR) is 101 cm³/mol. The van der Waals surface area contributed by atoms with Crippen molar-refractivity contribution in [3.05, 3.63) is 54.4 Å². The van der Waals surface area contributed by atoms with Gasteiger partial charge in [0.2, 0.25) is 0 Å². The number of nitrogens with one attached hydrogen (secondary N) is 1. The number of anilines is 2. The maximum atomic E-state index is 11.6. The van der Waals surface area contributed by atoms with E-state index in [9.17, 15) is 8.42 Å². The van der Waals surface area contributed by atoms with Gasteiger partial charge in [0.25, 0.3) is 0 Å². The predicted octanol–water partition coefficient (Wildman–Crippen LogP) is 2.67. The van der Waals surface area contributed by atoms with Crippen molar-refractivity contribution in [3.63, 3.8) is 0 Å². The Kier molecular flexibility index (Phi) is 4.37. The Balaban J connectivity index is 1.35. The van der Waals surface area contributed by atoms with Gasteiger partial charge in [-0.15, -0.1) is 0 Å². The zero-order valence-electron chi connectivity index (χ0n) is 14.1. The van der Waals surface area contributed by atoms with Crippen LogP contribution in [0.4, 0.5) is 11.4 Å². The molecule has 4 rings (SSSR count). The fraction of sp³-hybridized carbons (Fsp3) is 0.421. The Morgan fingerprint density at radius 2 is 1.88 bits per heavy atom. The molecule has 1 saturated heterocycles. The van der Waals surface area contributed by atoms with Crippen molar-refractivity contribution in [2.24, 2.45) is 0 Å². The minimum absolute atomic E-state index is 0.250. The van der Waals surface area contributed by atoms with Crippen LogP contribution in [0.3, 0.4) is 0 Å². The number of aromatic nitrogens is 1. The molecule has 0 atom stereocenters. The molecule has 0 bridgehead atoms. The highest BCUT2D eigenvalue weighted by Crippen LogP contribution is 2.38. The standard InChI is InChI=1S/C19H23N3O2S/c23-25(24)9-7-22(8-10-25)19-5-1-4-17(13-19)21-18-11-16(12-18)15-3-2-6-20-14-15/h1-6,13-14,16,18,21H,7-12H2. The molecule has 1 N–H and O–H groups in total. The van der Waals surface area contributed by atoms with Gasteiger partial charge < -0.3 is 10.2 Å². The first-order chi connectivity index (χ1) is 12.1. The highest BCUT2D eigenvalue weighted by atomic mass is 32.2. The van der Waals surface area contributed by atoms with E-state index in [1.165, 1.54) is 5.56 Å². The summed E-state index contributed by atoms with van der Waals surface area (Å²) in [5.74, 6) is 1.10.